The summed E-state index contributed by atoms with van der Waals surface area (Å²) in [6.45, 7) is 0.321. The number of aliphatic imine (C=N–C) groups is 1. The quantitative estimate of drug-likeness (QED) is 0.101. The van der Waals surface area contributed by atoms with Crippen molar-refractivity contribution in [1.29, 1.82) is 5.41 Å². The summed E-state index contributed by atoms with van der Waals surface area (Å²) in [5.74, 6) is -1.23. The van der Waals surface area contributed by atoms with E-state index < -0.39 is 18.0 Å². The average molecular weight is 569 g/mol. The van der Waals surface area contributed by atoms with Gasteiger partial charge < -0.3 is 33.6 Å². The molecule has 11 N–H and O–H groups in total. The van der Waals surface area contributed by atoms with Gasteiger partial charge in [-0.1, -0.05) is 62.8 Å². The number of nitrogen functional groups attached to an aromatic ring is 1. The Morgan fingerprint density at radius 1 is 0.829 bits per heavy atom. The molecule has 0 radical (unpaired) electrons. The number of nitrogens with two attached hydrogens (primary N) is 4. The molecule has 0 aliphatic heterocycles. The van der Waals surface area contributed by atoms with Gasteiger partial charge in [0.1, 0.15) is 17.9 Å². The molecule has 1 aromatic carbocycles. The second kappa shape index (κ2) is 16.0. The molecule has 0 spiro atoms. The average Bonchev–Trinajstić information content (AvgIpc) is 2.96. The summed E-state index contributed by atoms with van der Waals surface area (Å²) in [7, 11) is 0. The summed E-state index contributed by atoms with van der Waals surface area (Å²) in [4.78, 5) is 43.8. The van der Waals surface area contributed by atoms with Gasteiger partial charge in [0.15, 0.2) is 5.96 Å². The fraction of sp³-hybridized carbons (Fsp3) is 0.633. The fourth-order valence-corrected chi connectivity index (χ4v) is 6.26. The van der Waals surface area contributed by atoms with Gasteiger partial charge in [-0.15, -0.1) is 0 Å². The summed E-state index contributed by atoms with van der Waals surface area (Å²) in [5, 5.41) is 13.6. The van der Waals surface area contributed by atoms with Crippen molar-refractivity contribution in [2.75, 3.05) is 6.54 Å². The molecule has 3 atom stereocenters. The van der Waals surface area contributed by atoms with Gasteiger partial charge in [-0.3, -0.25) is 24.8 Å². The SMILES string of the molecule is N=C(N)c1ccc(C[C@H](C(=O)N[C@H](C(=O)NC(CCCN=C(N)N)C(N)=O)C2CCCCC2)C2CCCCC2)cc1. The monoisotopic (exact) mass is 568 g/mol. The summed E-state index contributed by atoms with van der Waals surface area (Å²) in [6, 6.07) is 5.84. The van der Waals surface area contributed by atoms with E-state index in [1.807, 2.05) is 24.3 Å². The van der Waals surface area contributed by atoms with E-state index in [9.17, 15) is 14.4 Å². The van der Waals surface area contributed by atoms with Gasteiger partial charge in [0.05, 0.1) is 0 Å². The predicted octanol–water partition coefficient (Wildman–Crippen LogP) is 1.80. The van der Waals surface area contributed by atoms with Crippen molar-refractivity contribution in [3.63, 3.8) is 0 Å². The Bertz CT molecular complexity index is 1060. The minimum Gasteiger partial charge on any atom is -0.384 e. The third-order valence-electron chi connectivity index (χ3n) is 8.58. The van der Waals surface area contributed by atoms with Crippen molar-refractivity contribution >= 4 is 29.5 Å². The Labute approximate surface area is 243 Å². The van der Waals surface area contributed by atoms with Gasteiger partial charge in [-0.05, 0) is 62.3 Å². The van der Waals surface area contributed by atoms with E-state index in [0.717, 1.165) is 63.4 Å². The summed E-state index contributed by atoms with van der Waals surface area (Å²) in [5.41, 5.74) is 23.6. The number of guanidine groups is 1. The zero-order valence-electron chi connectivity index (χ0n) is 24.1. The molecule has 3 rings (SSSR count). The van der Waals surface area contributed by atoms with E-state index in [0.29, 0.717) is 31.4 Å². The molecule has 3 amide bonds. The zero-order chi connectivity index (χ0) is 29.8. The Morgan fingerprint density at radius 2 is 1.41 bits per heavy atom. The molecule has 0 saturated heterocycles. The van der Waals surface area contributed by atoms with Crippen LogP contribution in [0.15, 0.2) is 29.3 Å². The number of nitrogens with zero attached hydrogens (tertiary/aromatic N) is 1. The molecule has 2 saturated carbocycles. The number of carbonyl (C=O) groups is 3. The van der Waals surface area contributed by atoms with Gasteiger partial charge in [0.25, 0.3) is 0 Å². The molecule has 41 heavy (non-hydrogen) atoms. The number of amidine groups is 1. The third kappa shape index (κ3) is 10.1. The molecule has 11 nitrogen and oxygen atoms in total. The Kier molecular flexibility index (Phi) is 12.4. The first-order chi connectivity index (χ1) is 19.7. The van der Waals surface area contributed by atoms with Crippen LogP contribution in [0.1, 0.15) is 88.2 Å². The maximum atomic E-state index is 14.0. The Balaban J connectivity index is 1.78. The van der Waals surface area contributed by atoms with Crippen LogP contribution in [-0.2, 0) is 20.8 Å². The molecule has 1 aromatic rings. The van der Waals surface area contributed by atoms with E-state index in [1.165, 1.54) is 6.42 Å². The van der Waals surface area contributed by atoms with E-state index in [1.54, 1.807) is 0 Å². The first-order valence-electron chi connectivity index (χ1n) is 15.0. The lowest BCUT2D eigenvalue weighted by atomic mass is 9.76. The second-order valence-electron chi connectivity index (χ2n) is 11.6. The van der Waals surface area contributed by atoms with Crippen molar-refractivity contribution in [1.82, 2.24) is 10.6 Å². The smallest absolute Gasteiger partial charge is 0.243 e. The van der Waals surface area contributed by atoms with Crippen LogP contribution in [-0.4, -0.2) is 48.1 Å². The third-order valence-corrected chi connectivity index (χ3v) is 8.58. The number of amides is 3. The molecular formula is C30H48N8O3. The lowest BCUT2D eigenvalue weighted by molar-refractivity contribution is -0.135. The number of nitrogens with one attached hydrogen (secondary N) is 3. The van der Waals surface area contributed by atoms with Gasteiger partial charge in [-0.2, -0.15) is 0 Å². The molecule has 226 valence electrons. The van der Waals surface area contributed by atoms with Crippen LogP contribution in [0.25, 0.3) is 0 Å². The fourth-order valence-electron chi connectivity index (χ4n) is 6.26. The molecule has 2 fully saturated rings. The van der Waals surface area contributed by atoms with Crippen molar-refractivity contribution in [3.05, 3.63) is 35.4 Å². The molecular weight excluding hydrogens is 520 g/mol. The largest absolute Gasteiger partial charge is 0.384 e. The van der Waals surface area contributed by atoms with Crippen LogP contribution >= 0.6 is 0 Å². The number of primary amides is 1. The van der Waals surface area contributed by atoms with E-state index in [2.05, 4.69) is 15.6 Å². The molecule has 2 aliphatic rings. The standard InChI is InChI=1S/C30H48N8O3/c31-26(32)22-15-13-19(14-16-22)18-23(20-8-3-1-4-9-20)28(40)38-25(21-10-5-2-6-11-21)29(41)37-24(27(33)39)12-7-17-36-30(34)35/h13-16,20-21,23-25H,1-12,17-18H2,(H3,31,32)(H2,33,39)(H,37,41)(H,38,40)(H4,34,35,36)/t23-,24?,25-/m0/s1. The maximum absolute atomic E-state index is 14.0. The highest BCUT2D eigenvalue weighted by molar-refractivity contribution is 5.95. The zero-order valence-corrected chi connectivity index (χ0v) is 24.1. The Hall–Kier alpha value is -3.63. The minimum absolute atomic E-state index is 0.00460. The maximum Gasteiger partial charge on any atom is 0.243 e. The van der Waals surface area contributed by atoms with Gasteiger partial charge in [0.2, 0.25) is 17.7 Å². The highest BCUT2D eigenvalue weighted by atomic mass is 16.2. The first kappa shape index (κ1) is 31.9. The van der Waals surface area contributed by atoms with Crippen LogP contribution in [0.3, 0.4) is 0 Å². The van der Waals surface area contributed by atoms with Crippen molar-refractivity contribution in [2.24, 2.45) is 45.7 Å². The van der Waals surface area contributed by atoms with Crippen molar-refractivity contribution in [3.8, 4) is 0 Å². The summed E-state index contributed by atoms with van der Waals surface area (Å²) >= 11 is 0. The number of benzene rings is 1. The number of rotatable bonds is 14. The van der Waals surface area contributed by atoms with Crippen LogP contribution in [0, 0.1) is 23.2 Å². The van der Waals surface area contributed by atoms with Crippen LogP contribution in [0.2, 0.25) is 0 Å². The topological polar surface area (TPSA) is 216 Å². The first-order valence-corrected chi connectivity index (χ1v) is 15.0. The molecule has 11 heteroatoms. The highest BCUT2D eigenvalue weighted by Gasteiger charge is 2.36. The highest BCUT2D eigenvalue weighted by Crippen LogP contribution is 2.33. The number of hydrogen-bond acceptors (Lipinski definition) is 5. The van der Waals surface area contributed by atoms with Gasteiger partial charge in [-0.25, -0.2) is 0 Å². The lowest BCUT2D eigenvalue weighted by Crippen LogP contribution is -2.57. The Morgan fingerprint density at radius 3 is 1.95 bits per heavy atom. The van der Waals surface area contributed by atoms with Crippen LogP contribution < -0.4 is 33.6 Å². The second-order valence-corrected chi connectivity index (χ2v) is 11.6. The van der Waals surface area contributed by atoms with Crippen LogP contribution in [0.4, 0.5) is 0 Å². The van der Waals surface area contributed by atoms with E-state index >= 15 is 0 Å². The summed E-state index contributed by atoms with van der Waals surface area (Å²) < 4.78 is 0. The normalized spacial score (nSPS) is 18.4. The van der Waals surface area contributed by atoms with Gasteiger partial charge in [0, 0.05) is 18.0 Å². The molecule has 2 aliphatic carbocycles. The molecule has 0 bridgehead atoms. The minimum atomic E-state index is -0.881. The molecule has 0 aromatic heterocycles. The molecule has 1 unspecified atom stereocenters. The molecule has 0 heterocycles. The van der Waals surface area contributed by atoms with E-state index in [4.69, 9.17) is 28.3 Å². The predicted molar refractivity (Wildman–Crippen MR) is 161 cm³/mol. The van der Waals surface area contributed by atoms with Crippen molar-refractivity contribution < 1.29 is 14.4 Å². The lowest BCUT2D eigenvalue weighted by Gasteiger charge is -2.34. The summed E-state index contributed by atoms with van der Waals surface area (Å²) in [6.07, 6.45) is 11.4. The van der Waals surface area contributed by atoms with Crippen molar-refractivity contribution in [2.45, 2.75) is 95.6 Å². The number of hydrogen-bond donors (Lipinski definition) is 7. The number of carbonyl (C=O) groups excluding carboxylic acids is 3. The van der Waals surface area contributed by atoms with E-state index in [-0.39, 0.29) is 41.4 Å². The van der Waals surface area contributed by atoms with Gasteiger partial charge >= 0.3 is 0 Å². The van der Waals surface area contributed by atoms with Crippen LogP contribution in [0.5, 0.6) is 0 Å².